The summed E-state index contributed by atoms with van der Waals surface area (Å²) in [5, 5.41) is 3.51. The van der Waals surface area contributed by atoms with Gasteiger partial charge >= 0.3 is 0 Å². The molecule has 0 amide bonds. The van der Waals surface area contributed by atoms with Crippen LogP contribution in [-0.2, 0) is 6.54 Å². The molecule has 0 aliphatic carbocycles. The summed E-state index contributed by atoms with van der Waals surface area (Å²) in [7, 11) is 1.85. The van der Waals surface area contributed by atoms with Crippen molar-refractivity contribution in [3.05, 3.63) is 54.2 Å². The molecule has 180 valence electrons. The molecule has 7 nitrogen and oxygen atoms in total. The number of piperazine rings is 1. The third-order valence-corrected chi connectivity index (χ3v) is 6.40. The van der Waals surface area contributed by atoms with Gasteiger partial charge in [-0.25, -0.2) is 4.98 Å². The Balaban J connectivity index is 0.00000306. The molecule has 8 heteroatoms. The number of hydrogen-bond acceptors (Lipinski definition) is 5. The van der Waals surface area contributed by atoms with E-state index >= 15 is 0 Å². The monoisotopic (exact) mass is 564 g/mol. The van der Waals surface area contributed by atoms with E-state index in [2.05, 4.69) is 44.1 Å². The van der Waals surface area contributed by atoms with Crippen LogP contribution in [0.25, 0.3) is 0 Å². The second kappa shape index (κ2) is 13.0. The summed E-state index contributed by atoms with van der Waals surface area (Å²) >= 11 is 0. The number of piperidine rings is 1. The highest BCUT2D eigenvalue weighted by atomic mass is 127. The van der Waals surface area contributed by atoms with Gasteiger partial charge < -0.3 is 24.8 Å². The minimum atomic E-state index is 0. The van der Waals surface area contributed by atoms with Crippen molar-refractivity contribution in [3.8, 4) is 5.75 Å². The van der Waals surface area contributed by atoms with Gasteiger partial charge in [0.1, 0.15) is 17.7 Å². The fraction of sp³-hybridized carbons (Fsp3) is 0.520. The molecule has 2 aliphatic rings. The summed E-state index contributed by atoms with van der Waals surface area (Å²) in [6, 6.07) is 14.4. The molecule has 0 radical (unpaired) electrons. The number of hydrogen-bond donors (Lipinski definition) is 1. The number of benzene rings is 1. The average molecular weight is 565 g/mol. The van der Waals surface area contributed by atoms with Crippen molar-refractivity contribution in [3.63, 3.8) is 0 Å². The Morgan fingerprint density at radius 1 is 1.03 bits per heavy atom. The van der Waals surface area contributed by atoms with E-state index < -0.39 is 0 Å². The third-order valence-electron chi connectivity index (χ3n) is 6.40. The van der Waals surface area contributed by atoms with Gasteiger partial charge in [0.15, 0.2) is 5.96 Å². The Labute approximate surface area is 215 Å². The lowest BCUT2D eigenvalue weighted by atomic mass is 10.1. The number of likely N-dealkylation sites (N-methyl/N-ethyl adjacent to an activating group) is 1. The van der Waals surface area contributed by atoms with Gasteiger partial charge in [-0.1, -0.05) is 31.2 Å². The van der Waals surface area contributed by atoms with E-state index in [0.29, 0.717) is 0 Å². The molecule has 0 unspecified atom stereocenters. The molecule has 0 spiro atoms. The van der Waals surface area contributed by atoms with Crippen LogP contribution in [0.15, 0.2) is 53.7 Å². The number of guanidine groups is 1. The molecule has 2 aromatic rings. The second-order valence-electron chi connectivity index (χ2n) is 8.46. The van der Waals surface area contributed by atoms with E-state index in [1.807, 2.05) is 43.6 Å². The van der Waals surface area contributed by atoms with E-state index in [0.717, 1.165) is 82.7 Å². The number of rotatable bonds is 6. The molecule has 2 aliphatic heterocycles. The van der Waals surface area contributed by atoms with Crippen molar-refractivity contribution < 1.29 is 4.74 Å². The number of anilines is 1. The fourth-order valence-corrected chi connectivity index (χ4v) is 4.39. The molecule has 3 heterocycles. The lowest BCUT2D eigenvalue weighted by Gasteiger charge is -2.35. The van der Waals surface area contributed by atoms with Gasteiger partial charge in [0.25, 0.3) is 0 Å². The van der Waals surface area contributed by atoms with Crippen molar-refractivity contribution in [2.45, 2.75) is 32.4 Å². The summed E-state index contributed by atoms with van der Waals surface area (Å²) in [5.74, 6) is 2.98. The predicted octanol–water partition coefficient (Wildman–Crippen LogP) is 3.46. The molecule has 1 aromatic carbocycles. The number of aromatic nitrogens is 1. The topological polar surface area (TPSA) is 56.2 Å². The first-order chi connectivity index (χ1) is 15.7. The van der Waals surface area contributed by atoms with E-state index in [4.69, 9.17) is 9.72 Å². The third kappa shape index (κ3) is 7.20. The fourth-order valence-electron chi connectivity index (χ4n) is 4.39. The number of ether oxygens (including phenoxy) is 1. The first-order valence-corrected chi connectivity index (χ1v) is 11.8. The van der Waals surface area contributed by atoms with Crippen LogP contribution in [0.3, 0.4) is 0 Å². The van der Waals surface area contributed by atoms with E-state index in [1.165, 1.54) is 5.56 Å². The van der Waals surface area contributed by atoms with Gasteiger partial charge in [-0.15, -0.1) is 24.0 Å². The van der Waals surface area contributed by atoms with Gasteiger partial charge in [0.2, 0.25) is 0 Å². The van der Waals surface area contributed by atoms with Crippen LogP contribution < -0.4 is 15.0 Å². The standard InChI is InChI=1S/C25H36N6O.HI/c1-3-29-15-17-30(18-16-29)24-10-9-21(19-27-24)20-28-25(26-2)31-13-11-23(12-14-31)32-22-7-5-4-6-8-22;/h4-10,19,23H,3,11-18,20H2,1-2H3,(H,26,28);1H. The maximum absolute atomic E-state index is 6.12. The normalized spacial score (nSPS) is 18.1. The molecule has 2 saturated heterocycles. The molecule has 0 saturated carbocycles. The van der Waals surface area contributed by atoms with E-state index in [-0.39, 0.29) is 30.1 Å². The summed E-state index contributed by atoms with van der Waals surface area (Å²) in [5.41, 5.74) is 1.17. The highest BCUT2D eigenvalue weighted by Gasteiger charge is 2.23. The zero-order valence-corrected chi connectivity index (χ0v) is 22.2. The van der Waals surface area contributed by atoms with Crippen LogP contribution in [0.5, 0.6) is 5.75 Å². The zero-order chi connectivity index (χ0) is 22.2. The molecule has 0 bridgehead atoms. The SMILES string of the molecule is CCN1CCN(c2ccc(CNC(=NC)N3CCC(Oc4ccccc4)CC3)cn2)CC1.I. The highest BCUT2D eigenvalue weighted by molar-refractivity contribution is 14.0. The first-order valence-electron chi connectivity index (χ1n) is 11.8. The number of aliphatic imine (C=N–C) groups is 1. The van der Waals surface area contributed by atoms with Crippen LogP contribution in [0.1, 0.15) is 25.3 Å². The van der Waals surface area contributed by atoms with Crippen LogP contribution in [-0.4, -0.2) is 79.7 Å². The smallest absolute Gasteiger partial charge is 0.193 e. The van der Waals surface area contributed by atoms with Crippen LogP contribution in [0, 0.1) is 0 Å². The minimum Gasteiger partial charge on any atom is -0.490 e. The number of halogens is 1. The van der Waals surface area contributed by atoms with Crippen molar-refractivity contribution in [2.24, 2.45) is 4.99 Å². The maximum Gasteiger partial charge on any atom is 0.193 e. The van der Waals surface area contributed by atoms with Gasteiger partial charge in [0.05, 0.1) is 0 Å². The zero-order valence-electron chi connectivity index (χ0n) is 19.8. The van der Waals surface area contributed by atoms with Gasteiger partial charge in [0, 0.05) is 71.9 Å². The minimum absolute atomic E-state index is 0. The molecule has 1 N–H and O–H groups in total. The second-order valence-corrected chi connectivity index (χ2v) is 8.46. The Morgan fingerprint density at radius 2 is 1.76 bits per heavy atom. The van der Waals surface area contributed by atoms with Crippen molar-refractivity contribution in [1.29, 1.82) is 0 Å². The number of likely N-dealkylation sites (tertiary alicyclic amines) is 1. The number of nitrogens with zero attached hydrogens (tertiary/aromatic N) is 5. The van der Waals surface area contributed by atoms with Gasteiger partial charge in [-0.3, -0.25) is 4.99 Å². The van der Waals surface area contributed by atoms with Crippen LogP contribution in [0.2, 0.25) is 0 Å². The maximum atomic E-state index is 6.12. The van der Waals surface area contributed by atoms with Crippen molar-refractivity contribution in [1.82, 2.24) is 20.1 Å². The molecular weight excluding hydrogens is 527 g/mol. The van der Waals surface area contributed by atoms with Crippen LogP contribution >= 0.6 is 24.0 Å². The molecular formula is C25H37IN6O. The Morgan fingerprint density at radius 3 is 2.36 bits per heavy atom. The number of pyridine rings is 1. The quantitative estimate of drug-likeness (QED) is 0.330. The number of nitrogens with one attached hydrogen (secondary N) is 1. The largest absolute Gasteiger partial charge is 0.490 e. The van der Waals surface area contributed by atoms with Crippen LogP contribution in [0.4, 0.5) is 5.82 Å². The van der Waals surface area contributed by atoms with E-state index in [9.17, 15) is 0 Å². The summed E-state index contributed by atoms with van der Waals surface area (Å²) < 4.78 is 6.12. The molecule has 1 aromatic heterocycles. The average Bonchev–Trinajstić information content (AvgIpc) is 2.86. The Bertz CT molecular complexity index is 847. The summed E-state index contributed by atoms with van der Waals surface area (Å²) in [6.45, 7) is 10.3. The molecule has 0 atom stereocenters. The Kier molecular flexibility index (Phi) is 10.1. The van der Waals surface area contributed by atoms with E-state index in [1.54, 1.807) is 0 Å². The summed E-state index contributed by atoms with van der Waals surface area (Å²) in [4.78, 5) is 16.4. The highest BCUT2D eigenvalue weighted by Crippen LogP contribution is 2.19. The molecule has 4 rings (SSSR count). The molecule has 33 heavy (non-hydrogen) atoms. The summed E-state index contributed by atoms with van der Waals surface area (Å²) in [6.07, 6.45) is 4.25. The number of para-hydroxylation sites is 1. The lowest BCUT2D eigenvalue weighted by molar-refractivity contribution is 0.129. The lowest BCUT2D eigenvalue weighted by Crippen LogP contribution is -2.47. The predicted molar refractivity (Wildman–Crippen MR) is 146 cm³/mol. The van der Waals surface area contributed by atoms with Crippen molar-refractivity contribution >= 4 is 35.8 Å². The Hall–Kier alpha value is -2.07. The van der Waals surface area contributed by atoms with Crippen molar-refractivity contribution in [2.75, 3.05) is 57.8 Å². The first kappa shape index (κ1) is 25.6. The van der Waals surface area contributed by atoms with Gasteiger partial charge in [-0.2, -0.15) is 0 Å². The molecule has 2 fully saturated rings. The van der Waals surface area contributed by atoms with Gasteiger partial charge in [-0.05, 0) is 30.3 Å².